The smallest absolute Gasteiger partial charge is 0.282 e. The molecule has 8 nitrogen and oxygen atoms in total. The zero-order chi connectivity index (χ0) is 16.8. The predicted molar refractivity (Wildman–Crippen MR) is 84.1 cm³/mol. The van der Waals surface area contributed by atoms with Gasteiger partial charge in [0.15, 0.2) is 0 Å². The molecule has 0 aliphatic heterocycles. The van der Waals surface area contributed by atoms with Crippen molar-refractivity contribution < 1.29 is 14.2 Å². The van der Waals surface area contributed by atoms with Crippen LogP contribution in [0.15, 0.2) is 28.7 Å². The number of oxazole rings is 1. The van der Waals surface area contributed by atoms with Crippen molar-refractivity contribution in [3.05, 3.63) is 40.1 Å². The van der Waals surface area contributed by atoms with Gasteiger partial charge in [0.25, 0.3) is 5.69 Å². The minimum absolute atomic E-state index is 0.0644. The zero-order valence-corrected chi connectivity index (χ0v) is 13.0. The van der Waals surface area contributed by atoms with E-state index in [1.165, 1.54) is 11.0 Å². The average molecular weight is 316 g/mol. The first-order valence-corrected chi connectivity index (χ1v) is 7.20. The number of nitriles is 1. The molecule has 0 aliphatic carbocycles. The highest BCUT2D eigenvalue weighted by atomic mass is 16.6. The molecule has 0 amide bonds. The molecule has 0 unspecified atom stereocenters. The Morgan fingerprint density at radius 3 is 2.83 bits per heavy atom. The van der Waals surface area contributed by atoms with E-state index in [0.29, 0.717) is 6.54 Å². The normalized spacial score (nSPS) is 10.5. The number of quaternary nitrogens is 1. The third-order valence-electron chi connectivity index (χ3n) is 3.20. The summed E-state index contributed by atoms with van der Waals surface area (Å²) in [5.74, 6) is 0.309. The number of hydrogen-bond acceptors (Lipinski definition) is 6. The molecular weight excluding hydrogens is 298 g/mol. The van der Waals surface area contributed by atoms with Crippen molar-refractivity contribution in [3.8, 4) is 17.5 Å². The van der Waals surface area contributed by atoms with Crippen molar-refractivity contribution in [1.29, 1.82) is 5.26 Å². The number of benzene rings is 1. The van der Waals surface area contributed by atoms with Gasteiger partial charge in [0.05, 0.1) is 25.6 Å². The van der Waals surface area contributed by atoms with Gasteiger partial charge in [0, 0.05) is 19.0 Å². The van der Waals surface area contributed by atoms with Crippen LogP contribution in [0.3, 0.4) is 0 Å². The van der Waals surface area contributed by atoms with E-state index in [2.05, 4.69) is 24.4 Å². The molecular formula is C15H18N5O3+. The van der Waals surface area contributed by atoms with Crippen LogP contribution in [0.25, 0.3) is 11.5 Å². The lowest BCUT2D eigenvalue weighted by Gasteiger charge is -2.07. The Hall–Kier alpha value is -2.92. The average Bonchev–Trinajstić information content (AvgIpc) is 2.94. The molecule has 23 heavy (non-hydrogen) atoms. The molecule has 1 aromatic carbocycles. The number of nitro groups is 1. The predicted octanol–water partition coefficient (Wildman–Crippen LogP) is 1.07. The summed E-state index contributed by atoms with van der Waals surface area (Å²) in [6.07, 6.45) is 0.898. The molecule has 0 saturated carbocycles. The molecule has 0 aliphatic rings. The van der Waals surface area contributed by atoms with E-state index in [1.807, 2.05) is 6.07 Å². The highest BCUT2D eigenvalue weighted by Gasteiger charge is 2.21. The Morgan fingerprint density at radius 2 is 2.17 bits per heavy atom. The van der Waals surface area contributed by atoms with Gasteiger partial charge in [-0.25, -0.2) is 0 Å². The van der Waals surface area contributed by atoms with Crippen molar-refractivity contribution in [1.82, 2.24) is 4.98 Å². The van der Waals surface area contributed by atoms with Gasteiger partial charge >= 0.3 is 0 Å². The van der Waals surface area contributed by atoms with E-state index in [4.69, 9.17) is 9.68 Å². The fraction of sp³-hybridized carbons (Fsp3) is 0.333. The molecule has 2 N–H and O–H groups in total. The van der Waals surface area contributed by atoms with Crippen LogP contribution in [0.1, 0.15) is 12.1 Å². The third-order valence-corrected chi connectivity index (χ3v) is 3.20. The first-order chi connectivity index (χ1) is 11.0. The number of nitro benzene ring substituents is 1. The van der Waals surface area contributed by atoms with Gasteiger partial charge in [-0.3, -0.25) is 10.1 Å². The number of rotatable bonds is 7. The Labute approximate surface area is 133 Å². The highest BCUT2D eigenvalue weighted by molar-refractivity contribution is 5.68. The van der Waals surface area contributed by atoms with Gasteiger partial charge in [-0.1, -0.05) is 12.1 Å². The van der Waals surface area contributed by atoms with Crippen molar-refractivity contribution in [2.45, 2.75) is 6.42 Å². The van der Waals surface area contributed by atoms with E-state index in [0.717, 1.165) is 13.0 Å². The summed E-state index contributed by atoms with van der Waals surface area (Å²) >= 11 is 0. The first kappa shape index (κ1) is 16.5. The van der Waals surface area contributed by atoms with Crippen LogP contribution in [-0.2, 0) is 0 Å². The summed E-state index contributed by atoms with van der Waals surface area (Å²) in [5, 5.41) is 23.3. The number of nitrogens with one attached hydrogen (secondary N) is 2. The van der Waals surface area contributed by atoms with E-state index < -0.39 is 4.92 Å². The second kappa shape index (κ2) is 7.38. The molecule has 0 saturated heterocycles. The summed E-state index contributed by atoms with van der Waals surface area (Å²) in [5.41, 5.74) is 0.233. The maximum absolute atomic E-state index is 11.1. The van der Waals surface area contributed by atoms with E-state index in [1.54, 1.807) is 18.2 Å². The van der Waals surface area contributed by atoms with Crippen molar-refractivity contribution in [3.63, 3.8) is 0 Å². The monoisotopic (exact) mass is 316 g/mol. The molecule has 1 heterocycles. The molecule has 8 heteroatoms. The van der Waals surface area contributed by atoms with Crippen molar-refractivity contribution >= 4 is 11.6 Å². The molecule has 0 bridgehead atoms. The molecule has 2 rings (SSSR count). The lowest BCUT2D eigenvalue weighted by atomic mass is 10.2. The van der Waals surface area contributed by atoms with Gasteiger partial charge in [-0.15, -0.1) is 0 Å². The minimum Gasteiger partial charge on any atom is -0.419 e. The Bertz CT molecular complexity index is 733. The van der Waals surface area contributed by atoms with Gasteiger partial charge in [-0.2, -0.15) is 10.2 Å². The number of para-hydroxylation sites is 1. The van der Waals surface area contributed by atoms with Crippen LogP contribution in [0.2, 0.25) is 0 Å². The Morgan fingerprint density at radius 1 is 1.43 bits per heavy atom. The number of hydrogen-bond donors (Lipinski definition) is 2. The summed E-state index contributed by atoms with van der Waals surface area (Å²) in [6.45, 7) is 1.60. The van der Waals surface area contributed by atoms with Crippen LogP contribution >= 0.6 is 0 Å². The van der Waals surface area contributed by atoms with Crippen molar-refractivity contribution in [2.24, 2.45) is 0 Å². The second-order valence-corrected chi connectivity index (χ2v) is 5.32. The van der Waals surface area contributed by atoms with Gasteiger partial charge in [0.2, 0.25) is 17.5 Å². The van der Waals surface area contributed by atoms with Gasteiger partial charge < -0.3 is 14.6 Å². The second-order valence-electron chi connectivity index (χ2n) is 5.32. The van der Waals surface area contributed by atoms with Gasteiger partial charge in [-0.05, 0) is 6.07 Å². The van der Waals surface area contributed by atoms with E-state index >= 15 is 0 Å². The highest BCUT2D eigenvalue weighted by Crippen LogP contribution is 2.31. The lowest BCUT2D eigenvalue weighted by molar-refractivity contribution is -0.858. The molecule has 0 fully saturated rings. The molecule has 0 atom stereocenters. The fourth-order valence-electron chi connectivity index (χ4n) is 2.09. The summed E-state index contributed by atoms with van der Waals surface area (Å²) in [7, 11) is 4.11. The standard InChI is InChI=1S/C15H17N5O3/c1-19(2)9-5-8-17-15-12(10-16)18-14(23-15)11-6-3-4-7-13(11)20(21)22/h3-4,6-7,17H,5,8-9H2,1-2H3/p+1. The first-order valence-electron chi connectivity index (χ1n) is 7.20. The van der Waals surface area contributed by atoms with Crippen LogP contribution in [0.5, 0.6) is 0 Å². The minimum atomic E-state index is -0.501. The van der Waals surface area contributed by atoms with E-state index in [-0.39, 0.29) is 28.7 Å². The quantitative estimate of drug-likeness (QED) is 0.449. The molecule has 120 valence electrons. The molecule has 2 aromatic rings. The molecule has 0 spiro atoms. The largest absolute Gasteiger partial charge is 0.419 e. The molecule has 1 aromatic heterocycles. The number of aromatic nitrogens is 1. The zero-order valence-electron chi connectivity index (χ0n) is 13.0. The SMILES string of the molecule is C[NH+](C)CCCNc1oc(-c2ccccc2[N+](=O)[O-])nc1C#N. The summed E-state index contributed by atoms with van der Waals surface area (Å²) in [4.78, 5) is 16.0. The van der Waals surface area contributed by atoms with Gasteiger partial charge in [0.1, 0.15) is 11.6 Å². The van der Waals surface area contributed by atoms with Crippen LogP contribution in [-0.4, -0.2) is 37.1 Å². The Balaban J connectivity index is 2.23. The van der Waals surface area contributed by atoms with Crippen LogP contribution in [0, 0.1) is 21.4 Å². The Kier molecular flexibility index (Phi) is 5.28. The lowest BCUT2D eigenvalue weighted by Crippen LogP contribution is -3.05. The van der Waals surface area contributed by atoms with Crippen LogP contribution < -0.4 is 10.2 Å². The van der Waals surface area contributed by atoms with Crippen molar-refractivity contribution in [2.75, 3.05) is 32.5 Å². The maximum atomic E-state index is 11.1. The number of nitrogens with zero attached hydrogens (tertiary/aromatic N) is 3. The third kappa shape index (κ3) is 4.05. The topological polar surface area (TPSA) is 109 Å². The number of anilines is 1. The summed E-state index contributed by atoms with van der Waals surface area (Å²) < 4.78 is 5.53. The fourth-order valence-corrected chi connectivity index (χ4v) is 2.09. The maximum Gasteiger partial charge on any atom is 0.282 e. The summed E-state index contributed by atoms with van der Waals surface area (Å²) in [6, 6.07) is 8.09. The van der Waals surface area contributed by atoms with Crippen LogP contribution in [0.4, 0.5) is 11.6 Å². The molecule has 0 radical (unpaired) electrons. The van der Waals surface area contributed by atoms with E-state index in [9.17, 15) is 10.1 Å².